The molecule has 1 atom stereocenters. The molecule has 106 valence electrons. The summed E-state index contributed by atoms with van der Waals surface area (Å²) in [5.41, 5.74) is 0.501. The van der Waals surface area contributed by atoms with Gasteiger partial charge < -0.3 is 10.6 Å². The molecule has 0 radical (unpaired) electrons. The zero-order valence-electron chi connectivity index (χ0n) is 11.3. The first kappa shape index (κ1) is 15.8. The van der Waals surface area contributed by atoms with Crippen LogP contribution in [0.3, 0.4) is 0 Å². The van der Waals surface area contributed by atoms with Crippen molar-refractivity contribution in [2.24, 2.45) is 0 Å². The van der Waals surface area contributed by atoms with Crippen molar-refractivity contribution in [1.82, 2.24) is 5.32 Å². The lowest BCUT2D eigenvalue weighted by Gasteiger charge is -2.15. The number of nitrogens with one attached hydrogen (secondary N) is 2. The average Bonchev–Trinajstić information content (AvgIpc) is 2.33. The predicted molar refractivity (Wildman–Crippen MR) is 77.0 cm³/mol. The van der Waals surface area contributed by atoms with E-state index in [1.165, 1.54) is 12.1 Å². The van der Waals surface area contributed by atoms with Crippen LogP contribution >= 0.6 is 11.6 Å². The molecule has 19 heavy (non-hydrogen) atoms. The third-order valence-electron chi connectivity index (χ3n) is 2.72. The summed E-state index contributed by atoms with van der Waals surface area (Å²) in [5, 5.41) is 6.07. The van der Waals surface area contributed by atoms with Crippen molar-refractivity contribution in [3.63, 3.8) is 0 Å². The highest BCUT2D eigenvalue weighted by molar-refractivity contribution is 6.30. The molecule has 0 spiro atoms. The minimum absolute atomic E-state index is 0.100. The fourth-order valence-electron chi connectivity index (χ4n) is 1.69. The van der Waals surface area contributed by atoms with Crippen molar-refractivity contribution in [1.29, 1.82) is 0 Å². The molecule has 0 heterocycles. The normalized spacial score (nSPS) is 12.0. The number of anilines is 1. The van der Waals surface area contributed by atoms with E-state index in [0.717, 1.165) is 19.3 Å². The largest absolute Gasteiger partial charge is 0.374 e. The molecule has 2 N–H and O–H groups in total. The van der Waals surface area contributed by atoms with E-state index in [4.69, 9.17) is 11.6 Å². The van der Waals surface area contributed by atoms with Crippen molar-refractivity contribution >= 4 is 23.2 Å². The summed E-state index contributed by atoms with van der Waals surface area (Å²) in [6, 6.07) is 3.69. The topological polar surface area (TPSA) is 41.1 Å². The van der Waals surface area contributed by atoms with Crippen LogP contribution in [0.5, 0.6) is 0 Å². The molecule has 0 fully saturated rings. The third kappa shape index (κ3) is 5.92. The number of unbranched alkanes of at least 4 members (excludes halogenated alkanes) is 2. The van der Waals surface area contributed by atoms with Gasteiger partial charge in [0.05, 0.1) is 0 Å². The zero-order chi connectivity index (χ0) is 14.3. The molecule has 1 unspecified atom stereocenters. The van der Waals surface area contributed by atoms with E-state index in [2.05, 4.69) is 17.6 Å². The molecule has 0 saturated carbocycles. The first-order valence-electron chi connectivity index (χ1n) is 6.53. The predicted octanol–water partition coefficient (Wildman–Crippen LogP) is 3.59. The van der Waals surface area contributed by atoms with Gasteiger partial charge in [-0.2, -0.15) is 0 Å². The second-order valence-electron chi connectivity index (χ2n) is 4.52. The lowest BCUT2D eigenvalue weighted by molar-refractivity contribution is -0.121. The number of hydrogen-bond donors (Lipinski definition) is 2. The maximum absolute atomic E-state index is 13.1. The molecule has 1 aromatic rings. The Morgan fingerprint density at radius 2 is 2.11 bits per heavy atom. The van der Waals surface area contributed by atoms with Crippen LogP contribution in [0.4, 0.5) is 10.1 Å². The van der Waals surface area contributed by atoms with E-state index in [1.54, 1.807) is 13.0 Å². The monoisotopic (exact) mass is 286 g/mol. The van der Waals surface area contributed by atoms with Crippen molar-refractivity contribution < 1.29 is 9.18 Å². The lowest BCUT2D eigenvalue weighted by atomic mass is 10.2. The van der Waals surface area contributed by atoms with Gasteiger partial charge in [0.1, 0.15) is 11.9 Å². The molecule has 0 aliphatic carbocycles. The van der Waals surface area contributed by atoms with Crippen LogP contribution in [0, 0.1) is 5.82 Å². The Kier molecular flexibility index (Phi) is 6.64. The highest BCUT2D eigenvalue weighted by Crippen LogP contribution is 2.18. The molecule has 3 nitrogen and oxygen atoms in total. The van der Waals surface area contributed by atoms with Gasteiger partial charge in [0, 0.05) is 17.3 Å². The van der Waals surface area contributed by atoms with Crippen molar-refractivity contribution in [3.05, 3.63) is 29.0 Å². The smallest absolute Gasteiger partial charge is 0.242 e. The Labute approximate surface area is 118 Å². The highest BCUT2D eigenvalue weighted by atomic mass is 35.5. The number of rotatable bonds is 7. The average molecular weight is 287 g/mol. The molecule has 1 amide bonds. The second kappa shape index (κ2) is 8.00. The number of carbonyl (C=O) groups excluding carboxylic acids is 1. The summed E-state index contributed by atoms with van der Waals surface area (Å²) >= 11 is 5.75. The number of carbonyl (C=O) groups is 1. The fourth-order valence-corrected chi connectivity index (χ4v) is 1.91. The molecule has 0 aliphatic rings. The van der Waals surface area contributed by atoms with Gasteiger partial charge in [-0.05, 0) is 31.5 Å². The summed E-state index contributed by atoms with van der Waals surface area (Å²) in [6.07, 6.45) is 3.19. The highest BCUT2D eigenvalue weighted by Gasteiger charge is 2.12. The number of halogens is 2. The van der Waals surface area contributed by atoms with Crippen LogP contribution in [0.25, 0.3) is 0 Å². The van der Waals surface area contributed by atoms with Gasteiger partial charge in [0.2, 0.25) is 5.91 Å². The lowest BCUT2D eigenvalue weighted by Crippen LogP contribution is -2.38. The molecular weight excluding hydrogens is 267 g/mol. The second-order valence-corrected chi connectivity index (χ2v) is 4.96. The van der Waals surface area contributed by atoms with Crippen molar-refractivity contribution in [2.75, 3.05) is 11.9 Å². The Morgan fingerprint density at radius 1 is 1.37 bits per heavy atom. The van der Waals surface area contributed by atoms with E-state index in [-0.39, 0.29) is 5.91 Å². The fraction of sp³-hybridized carbons (Fsp3) is 0.500. The van der Waals surface area contributed by atoms with Crippen LogP contribution in [0.15, 0.2) is 18.2 Å². The van der Waals surface area contributed by atoms with Crippen LogP contribution in [0.1, 0.15) is 33.1 Å². The van der Waals surface area contributed by atoms with E-state index in [9.17, 15) is 9.18 Å². The zero-order valence-corrected chi connectivity index (χ0v) is 12.1. The van der Waals surface area contributed by atoms with Crippen LogP contribution in [0.2, 0.25) is 5.02 Å². The molecule has 0 saturated heterocycles. The van der Waals surface area contributed by atoms with E-state index >= 15 is 0 Å². The molecule has 1 rings (SSSR count). The number of benzene rings is 1. The van der Waals surface area contributed by atoms with Crippen molar-refractivity contribution in [2.45, 2.75) is 39.2 Å². The minimum atomic E-state index is -0.431. The van der Waals surface area contributed by atoms with Gasteiger partial charge >= 0.3 is 0 Å². The Morgan fingerprint density at radius 3 is 2.74 bits per heavy atom. The summed E-state index contributed by atoms with van der Waals surface area (Å²) in [5.74, 6) is -0.526. The number of hydrogen-bond acceptors (Lipinski definition) is 2. The molecule has 1 aromatic carbocycles. The number of amides is 1. The summed E-state index contributed by atoms with van der Waals surface area (Å²) in [7, 11) is 0. The van der Waals surface area contributed by atoms with Gasteiger partial charge in [-0.1, -0.05) is 31.4 Å². The van der Waals surface area contributed by atoms with E-state index < -0.39 is 11.9 Å². The Bertz CT molecular complexity index is 406. The maximum Gasteiger partial charge on any atom is 0.242 e. The SMILES string of the molecule is CCCCCNC(=O)C(C)Nc1cc(F)cc(Cl)c1. The van der Waals surface area contributed by atoms with Gasteiger partial charge in [-0.15, -0.1) is 0 Å². The van der Waals surface area contributed by atoms with Crippen LogP contribution < -0.4 is 10.6 Å². The Hall–Kier alpha value is -1.29. The van der Waals surface area contributed by atoms with Crippen LogP contribution in [-0.2, 0) is 4.79 Å². The third-order valence-corrected chi connectivity index (χ3v) is 2.94. The standard InChI is InChI=1S/C14H20ClFN2O/c1-3-4-5-6-17-14(19)10(2)18-13-8-11(15)7-12(16)9-13/h7-10,18H,3-6H2,1-2H3,(H,17,19). The molecule has 0 aliphatic heterocycles. The van der Waals surface area contributed by atoms with Gasteiger partial charge in [0.25, 0.3) is 0 Å². The van der Waals surface area contributed by atoms with Crippen LogP contribution in [-0.4, -0.2) is 18.5 Å². The molecule has 0 aromatic heterocycles. The minimum Gasteiger partial charge on any atom is -0.374 e. The maximum atomic E-state index is 13.1. The van der Waals surface area contributed by atoms with Gasteiger partial charge in [-0.25, -0.2) is 4.39 Å². The van der Waals surface area contributed by atoms with E-state index in [0.29, 0.717) is 17.3 Å². The van der Waals surface area contributed by atoms with E-state index in [1.807, 2.05) is 0 Å². The van der Waals surface area contributed by atoms with Gasteiger partial charge in [-0.3, -0.25) is 4.79 Å². The van der Waals surface area contributed by atoms with Crippen molar-refractivity contribution in [3.8, 4) is 0 Å². The first-order chi connectivity index (χ1) is 9.02. The summed E-state index contributed by atoms with van der Waals surface area (Å²) < 4.78 is 13.1. The summed E-state index contributed by atoms with van der Waals surface area (Å²) in [6.45, 7) is 4.51. The molecule has 0 bridgehead atoms. The van der Waals surface area contributed by atoms with Gasteiger partial charge in [0.15, 0.2) is 0 Å². The molecule has 5 heteroatoms. The summed E-state index contributed by atoms with van der Waals surface area (Å²) in [4.78, 5) is 11.8. The quantitative estimate of drug-likeness (QED) is 0.752. The Balaban J connectivity index is 2.44. The first-order valence-corrected chi connectivity index (χ1v) is 6.91. The molecular formula is C14H20ClFN2O.